The number of unbranched alkanes of at least 4 members (excludes halogenated alkanes) is 1. The summed E-state index contributed by atoms with van der Waals surface area (Å²) in [5.41, 5.74) is 1.12. The number of carboxylic acid groups (broad SMARTS) is 1. The number of hydrogen-bond donors (Lipinski definition) is 1. The van der Waals surface area contributed by atoms with Gasteiger partial charge in [0.25, 0.3) is 0 Å². The second-order valence-corrected chi connectivity index (χ2v) is 4.20. The monoisotopic (exact) mass is 251 g/mol. The minimum atomic E-state index is -0.723. The summed E-state index contributed by atoms with van der Waals surface area (Å²) < 4.78 is 5.38. The van der Waals surface area contributed by atoms with Crippen LogP contribution in [0.15, 0.2) is 24.3 Å². The molecule has 0 bridgehead atoms. The lowest BCUT2D eigenvalue weighted by atomic mass is 10.2. The van der Waals surface area contributed by atoms with Gasteiger partial charge in [0.1, 0.15) is 5.75 Å². The number of benzene rings is 1. The van der Waals surface area contributed by atoms with Crippen molar-refractivity contribution in [3.63, 3.8) is 0 Å². The first-order valence-electron chi connectivity index (χ1n) is 6.29. The van der Waals surface area contributed by atoms with Crippen LogP contribution in [0.25, 0.3) is 0 Å². The molecule has 0 amide bonds. The van der Waals surface area contributed by atoms with E-state index in [1.807, 2.05) is 38.2 Å². The first-order valence-corrected chi connectivity index (χ1v) is 6.29. The highest BCUT2D eigenvalue weighted by molar-refractivity contribution is 5.66. The molecule has 0 aliphatic rings. The molecule has 4 nitrogen and oxygen atoms in total. The second-order valence-electron chi connectivity index (χ2n) is 4.20. The summed E-state index contributed by atoms with van der Waals surface area (Å²) in [4.78, 5) is 12.5. The zero-order valence-electron chi connectivity index (χ0n) is 11.1. The van der Waals surface area contributed by atoms with E-state index in [0.29, 0.717) is 6.61 Å². The van der Waals surface area contributed by atoms with Crippen molar-refractivity contribution in [3.05, 3.63) is 24.3 Å². The molecule has 0 radical (unpaired) electrons. The maximum absolute atomic E-state index is 10.4. The molecule has 0 saturated heterocycles. The number of hydrogen-bond acceptors (Lipinski definition) is 3. The van der Waals surface area contributed by atoms with Crippen molar-refractivity contribution in [2.45, 2.75) is 26.2 Å². The molecule has 4 heteroatoms. The van der Waals surface area contributed by atoms with Crippen molar-refractivity contribution < 1.29 is 14.6 Å². The third kappa shape index (κ3) is 5.08. The number of rotatable bonds is 8. The standard InChI is InChI=1S/C14H21NO3/c1-3-18-13-9-7-12(8-10-13)15(2)11-5-4-6-14(16)17/h7-10H,3-6,11H2,1-2H3,(H,16,17). The molecule has 0 heterocycles. The Bertz CT molecular complexity index is 362. The molecule has 1 rings (SSSR count). The van der Waals surface area contributed by atoms with Gasteiger partial charge in [-0.2, -0.15) is 0 Å². The van der Waals surface area contributed by atoms with E-state index in [2.05, 4.69) is 4.90 Å². The summed E-state index contributed by atoms with van der Waals surface area (Å²) in [6.07, 6.45) is 1.85. The molecule has 0 atom stereocenters. The molecule has 0 saturated carbocycles. The second kappa shape index (κ2) is 7.58. The van der Waals surface area contributed by atoms with E-state index in [4.69, 9.17) is 9.84 Å². The predicted molar refractivity (Wildman–Crippen MR) is 72.4 cm³/mol. The molecule has 18 heavy (non-hydrogen) atoms. The van der Waals surface area contributed by atoms with Gasteiger partial charge in [0.05, 0.1) is 6.61 Å². The maximum Gasteiger partial charge on any atom is 0.303 e. The SMILES string of the molecule is CCOc1ccc(N(C)CCCCC(=O)O)cc1. The van der Waals surface area contributed by atoms with Crippen molar-refractivity contribution >= 4 is 11.7 Å². The van der Waals surface area contributed by atoms with Crippen LogP contribution >= 0.6 is 0 Å². The van der Waals surface area contributed by atoms with Crippen LogP contribution in [-0.4, -0.2) is 31.3 Å². The molecule has 1 aromatic rings. The topological polar surface area (TPSA) is 49.8 Å². The van der Waals surface area contributed by atoms with Gasteiger partial charge in [0.2, 0.25) is 0 Å². The van der Waals surface area contributed by atoms with Crippen molar-refractivity contribution in [1.29, 1.82) is 0 Å². The van der Waals surface area contributed by atoms with Crippen molar-refractivity contribution in [2.75, 3.05) is 25.1 Å². The van der Waals surface area contributed by atoms with Gasteiger partial charge >= 0.3 is 5.97 Å². The number of anilines is 1. The Hall–Kier alpha value is -1.71. The molecule has 1 N–H and O–H groups in total. The van der Waals surface area contributed by atoms with E-state index in [-0.39, 0.29) is 6.42 Å². The normalized spacial score (nSPS) is 10.1. The van der Waals surface area contributed by atoms with Gasteiger partial charge in [-0.3, -0.25) is 4.79 Å². The van der Waals surface area contributed by atoms with E-state index >= 15 is 0 Å². The van der Waals surface area contributed by atoms with Crippen LogP contribution in [0.4, 0.5) is 5.69 Å². The van der Waals surface area contributed by atoms with Gasteiger partial charge in [0, 0.05) is 25.7 Å². The highest BCUT2D eigenvalue weighted by Crippen LogP contribution is 2.18. The van der Waals surface area contributed by atoms with Crippen LogP contribution in [0, 0.1) is 0 Å². The third-order valence-corrected chi connectivity index (χ3v) is 2.72. The first kappa shape index (κ1) is 14.4. The Morgan fingerprint density at radius 2 is 1.94 bits per heavy atom. The van der Waals surface area contributed by atoms with Crippen LogP contribution in [0.2, 0.25) is 0 Å². The molecule has 0 fully saturated rings. The van der Waals surface area contributed by atoms with Gasteiger partial charge in [-0.05, 0) is 44.0 Å². The summed E-state index contributed by atoms with van der Waals surface area (Å²) in [5, 5.41) is 8.55. The van der Waals surface area contributed by atoms with Crippen molar-refractivity contribution in [2.24, 2.45) is 0 Å². The number of carboxylic acids is 1. The molecule has 0 aliphatic carbocycles. The quantitative estimate of drug-likeness (QED) is 0.722. The lowest BCUT2D eigenvalue weighted by Gasteiger charge is -2.19. The fourth-order valence-electron chi connectivity index (χ4n) is 1.72. The molecule has 100 valence electrons. The maximum atomic E-state index is 10.4. The third-order valence-electron chi connectivity index (χ3n) is 2.72. The van der Waals surface area contributed by atoms with Crippen molar-refractivity contribution in [1.82, 2.24) is 0 Å². The van der Waals surface area contributed by atoms with Crippen LogP contribution in [0.3, 0.4) is 0 Å². The minimum absolute atomic E-state index is 0.247. The highest BCUT2D eigenvalue weighted by atomic mass is 16.5. The summed E-state index contributed by atoms with van der Waals surface area (Å²) >= 11 is 0. The molecule has 0 unspecified atom stereocenters. The lowest BCUT2D eigenvalue weighted by molar-refractivity contribution is -0.137. The van der Waals surface area contributed by atoms with Gasteiger partial charge in [-0.1, -0.05) is 0 Å². The highest BCUT2D eigenvalue weighted by Gasteiger charge is 2.02. The van der Waals surface area contributed by atoms with E-state index in [1.54, 1.807) is 0 Å². The summed E-state index contributed by atoms with van der Waals surface area (Å²) in [6.45, 7) is 3.49. The van der Waals surface area contributed by atoms with Crippen LogP contribution < -0.4 is 9.64 Å². The molecule has 1 aromatic carbocycles. The van der Waals surface area contributed by atoms with Crippen LogP contribution in [0.5, 0.6) is 5.75 Å². The number of ether oxygens (including phenoxy) is 1. The average Bonchev–Trinajstić information content (AvgIpc) is 2.35. The Morgan fingerprint density at radius 1 is 1.28 bits per heavy atom. The molecule has 0 spiro atoms. The van der Waals surface area contributed by atoms with Gasteiger partial charge < -0.3 is 14.7 Å². The fourth-order valence-corrected chi connectivity index (χ4v) is 1.72. The summed E-state index contributed by atoms with van der Waals surface area (Å²) in [5.74, 6) is 0.152. The fraction of sp³-hybridized carbons (Fsp3) is 0.500. The molecule has 0 aliphatic heterocycles. The smallest absolute Gasteiger partial charge is 0.303 e. The van der Waals surface area contributed by atoms with Gasteiger partial charge in [-0.15, -0.1) is 0 Å². The summed E-state index contributed by atoms with van der Waals surface area (Å²) in [6, 6.07) is 7.93. The Kier molecular flexibility index (Phi) is 6.05. The Labute approximate surface area is 108 Å². The number of carbonyl (C=O) groups is 1. The summed E-state index contributed by atoms with van der Waals surface area (Å²) in [7, 11) is 2.01. The van der Waals surface area contributed by atoms with Gasteiger partial charge in [-0.25, -0.2) is 0 Å². The van der Waals surface area contributed by atoms with E-state index in [0.717, 1.165) is 30.8 Å². The molecule has 0 aromatic heterocycles. The Morgan fingerprint density at radius 3 is 2.50 bits per heavy atom. The predicted octanol–water partition coefficient (Wildman–Crippen LogP) is 2.78. The Balaban J connectivity index is 2.36. The van der Waals surface area contributed by atoms with Crippen LogP contribution in [0.1, 0.15) is 26.2 Å². The minimum Gasteiger partial charge on any atom is -0.494 e. The lowest BCUT2D eigenvalue weighted by Crippen LogP contribution is -2.18. The first-order chi connectivity index (χ1) is 8.63. The van der Waals surface area contributed by atoms with Crippen LogP contribution in [-0.2, 0) is 4.79 Å². The van der Waals surface area contributed by atoms with Crippen molar-refractivity contribution in [3.8, 4) is 5.75 Å². The van der Waals surface area contributed by atoms with E-state index in [1.165, 1.54) is 0 Å². The largest absolute Gasteiger partial charge is 0.494 e. The number of aliphatic carboxylic acids is 1. The van der Waals surface area contributed by atoms with E-state index < -0.39 is 5.97 Å². The zero-order valence-corrected chi connectivity index (χ0v) is 11.1. The molecular formula is C14H21NO3. The zero-order chi connectivity index (χ0) is 13.4. The van der Waals surface area contributed by atoms with Gasteiger partial charge in [0.15, 0.2) is 0 Å². The average molecular weight is 251 g/mol. The van der Waals surface area contributed by atoms with E-state index in [9.17, 15) is 4.79 Å². The molecular weight excluding hydrogens is 230 g/mol. The number of nitrogens with zero attached hydrogens (tertiary/aromatic N) is 1.